The molecule has 0 amide bonds. The molecule has 14 heavy (non-hydrogen) atoms. The van der Waals surface area contributed by atoms with Gasteiger partial charge in [-0.3, -0.25) is 0 Å². The van der Waals surface area contributed by atoms with Gasteiger partial charge in [-0.05, 0) is 20.3 Å². The van der Waals surface area contributed by atoms with E-state index in [2.05, 4.69) is 6.92 Å². The molecule has 0 aliphatic heterocycles. The summed E-state index contributed by atoms with van der Waals surface area (Å²) in [7, 11) is 0. The van der Waals surface area contributed by atoms with Crippen LogP contribution in [0.2, 0.25) is 0 Å². The van der Waals surface area contributed by atoms with Gasteiger partial charge < -0.3 is 9.84 Å². The molecule has 0 saturated carbocycles. The van der Waals surface area contributed by atoms with E-state index in [1.807, 2.05) is 32.1 Å². The third kappa shape index (κ3) is 5.95. The van der Waals surface area contributed by atoms with Crippen molar-refractivity contribution in [3.63, 3.8) is 0 Å². The molecule has 0 heterocycles. The summed E-state index contributed by atoms with van der Waals surface area (Å²) in [6, 6.07) is 0. The lowest BCUT2D eigenvalue weighted by atomic mass is 10.1. The molecular formula is C12H22O2. The maximum Gasteiger partial charge on any atom is 0.105 e. The van der Waals surface area contributed by atoms with E-state index >= 15 is 0 Å². The second-order valence-corrected chi connectivity index (χ2v) is 3.23. The molecule has 1 N–H and O–H groups in total. The van der Waals surface area contributed by atoms with Crippen LogP contribution in [0.1, 0.15) is 33.6 Å². The van der Waals surface area contributed by atoms with Gasteiger partial charge >= 0.3 is 0 Å². The van der Waals surface area contributed by atoms with Crippen molar-refractivity contribution in [1.29, 1.82) is 0 Å². The average Bonchev–Trinajstić information content (AvgIpc) is 2.17. The summed E-state index contributed by atoms with van der Waals surface area (Å²) in [6.07, 6.45) is 8.79. The third-order valence-corrected chi connectivity index (χ3v) is 1.92. The van der Waals surface area contributed by atoms with E-state index in [-0.39, 0.29) is 6.10 Å². The molecule has 2 unspecified atom stereocenters. The molecule has 0 rings (SSSR count). The number of unbranched alkanes of at least 4 members (excludes halogenated alkanes) is 1. The molecule has 0 bridgehead atoms. The van der Waals surface area contributed by atoms with Crippen LogP contribution in [-0.4, -0.2) is 23.9 Å². The number of aliphatic hydroxyl groups excluding tert-OH is 1. The highest BCUT2D eigenvalue weighted by molar-refractivity contribution is 5.00. The van der Waals surface area contributed by atoms with Crippen molar-refractivity contribution >= 4 is 0 Å². The molecule has 2 atom stereocenters. The van der Waals surface area contributed by atoms with Crippen molar-refractivity contribution in [2.24, 2.45) is 0 Å². The third-order valence-electron chi connectivity index (χ3n) is 1.92. The van der Waals surface area contributed by atoms with Crippen LogP contribution in [0, 0.1) is 0 Å². The summed E-state index contributed by atoms with van der Waals surface area (Å²) >= 11 is 0. The molecule has 0 saturated heterocycles. The van der Waals surface area contributed by atoms with E-state index in [0.29, 0.717) is 6.61 Å². The van der Waals surface area contributed by atoms with Crippen molar-refractivity contribution in [1.82, 2.24) is 0 Å². The van der Waals surface area contributed by atoms with Crippen molar-refractivity contribution in [3.05, 3.63) is 24.3 Å². The molecule has 0 aliphatic rings. The first kappa shape index (κ1) is 13.4. The number of rotatable bonds is 7. The van der Waals surface area contributed by atoms with Gasteiger partial charge in [0.2, 0.25) is 0 Å². The molecule has 0 aromatic carbocycles. The van der Waals surface area contributed by atoms with Gasteiger partial charge in [0.15, 0.2) is 0 Å². The number of hydrogen-bond donors (Lipinski definition) is 1. The first-order valence-corrected chi connectivity index (χ1v) is 5.31. The smallest absolute Gasteiger partial charge is 0.105 e. The highest BCUT2D eigenvalue weighted by Gasteiger charge is 2.12. The van der Waals surface area contributed by atoms with Crippen LogP contribution in [0.15, 0.2) is 24.3 Å². The standard InChI is InChI=1S/C12H22O2/c1-4-7-10-14-12(9-6-3)11(13)8-5-2/h5-6,8-9,11-13H,4,7,10H2,1-3H3. The van der Waals surface area contributed by atoms with Crippen LogP contribution < -0.4 is 0 Å². The van der Waals surface area contributed by atoms with E-state index in [1.54, 1.807) is 6.08 Å². The van der Waals surface area contributed by atoms with Gasteiger partial charge in [-0.2, -0.15) is 0 Å². The van der Waals surface area contributed by atoms with Crippen LogP contribution in [0.25, 0.3) is 0 Å². The molecule has 0 aliphatic carbocycles. The summed E-state index contributed by atoms with van der Waals surface area (Å²) < 4.78 is 5.55. The minimum atomic E-state index is -0.534. The summed E-state index contributed by atoms with van der Waals surface area (Å²) in [5.41, 5.74) is 0. The fraction of sp³-hybridized carbons (Fsp3) is 0.667. The predicted molar refractivity (Wildman–Crippen MR) is 60.3 cm³/mol. The minimum Gasteiger partial charge on any atom is -0.386 e. The van der Waals surface area contributed by atoms with E-state index in [9.17, 15) is 5.11 Å². The van der Waals surface area contributed by atoms with Gasteiger partial charge in [-0.1, -0.05) is 37.6 Å². The zero-order valence-corrected chi connectivity index (χ0v) is 9.44. The molecule has 0 aromatic heterocycles. The van der Waals surface area contributed by atoms with E-state index in [1.165, 1.54) is 0 Å². The molecule has 2 nitrogen and oxygen atoms in total. The fourth-order valence-electron chi connectivity index (χ4n) is 1.13. The lowest BCUT2D eigenvalue weighted by molar-refractivity contribution is 0.0101. The van der Waals surface area contributed by atoms with Crippen LogP contribution >= 0.6 is 0 Å². The molecule has 0 fully saturated rings. The lowest BCUT2D eigenvalue weighted by Gasteiger charge is -2.17. The molecule has 82 valence electrons. The Labute approximate surface area is 87.3 Å². The van der Waals surface area contributed by atoms with Crippen molar-refractivity contribution in [2.75, 3.05) is 6.61 Å². The number of ether oxygens (including phenoxy) is 1. The van der Waals surface area contributed by atoms with Gasteiger partial charge in [-0.25, -0.2) is 0 Å². The quantitative estimate of drug-likeness (QED) is 0.503. The second-order valence-electron chi connectivity index (χ2n) is 3.23. The van der Waals surface area contributed by atoms with Gasteiger partial charge in [0, 0.05) is 6.61 Å². The normalized spacial score (nSPS) is 16.6. The van der Waals surface area contributed by atoms with E-state index < -0.39 is 6.10 Å². The SMILES string of the molecule is CC=CC(O)C(C=CC)OCCCC. The van der Waals surface area contributed by atoms with Crippen LogP contribution in [0.3, 0.4) is 0 Å². The highest BCUT2D eigenvalue weighted by Crippen LogP contribution is 2.05. The first-order valence-electron chi connectivity index (χ1n) is 5.31. The molecule has 0 spiro atoms. The highest BCUT2D eigenvalue weighted by atomic mass is 16.5. The first-order chi connectivity index (χ1) is 6.76. The van der Waals surface area contributed by atoms with Gasteiger partial charge in [-0.15, -0.1) is 0 Å². The lowest BCUT2D eigenvalue weighted by Crippen LogP contribution is -2.25. The Morgan fingerprint density at radius 2 is 1.86 bits per heavy atom. The Morgan fingerprint density at radius 3 is 2.36 bits per heavy atom. The topological polar surface area (TPSA) is 29.5 Å². The maximum absolute atomic E-state index is 9.68. The Balaban J connectivity index is 4.00. The predicted octanol–water partition coefficient (Wildman–Crippen LogP) is 2.68. The van der Waals surface area contributed by atoms with E-state index in [4.69, 9.17) is 4.74 Å². The number of allylic oxidation sites excluding steroid dienone is 2. The maximum atomic E-state index is 9.68. The van der Waals surface area contributed by atoms with Crippen LogP contribution in [0.4, 0.5) is 0 Å². The van der Waals surface area contributed by atoms with Crippen LogP contribution in [-0.2, 0) is 4.74 Å². The average molecular weight is 198 g/mol. The fourth-order valence-corrected chi connectivity index (χ4v) is 1.13. The van der Waals surface area contributed by atoms with E-state index in [0.717, 1.165) is 12.8 Å². The Kier molecular flexibility index (Phi) is 8.59. The summed E-state index contributed by atoms with van der Waals surface area (Å²) in [5, 5.41) is 9.68. The van der Waals surface area contributed by atoms with Gasteiger partial charge in [0.25, 0.3) is 0 Å². The Bertz CT molecular complexity index is 173. The second kappa shape index (κ2) is 8.97. The number of aliphatic hydroxyl groups is 1. The zero-order valence-electron chi connectivity index (χ0n) is 9.44. The Hall–Kier alpha value is -0.600. The number of hydrogen-bond acceptors (Lipinski definition) is 2. The molecule has 0 radical (unpaired) electrons. The van der Waals surface area contributed by atoms with Gasteiger partial charge in [0.05, 0.1) is 0 Å². The van der Waals surface area contributed by atoms with Gasteiger partial charge in [0.1, 0.15) is 12.2 Å². The largest absolute Gasteiger partial charge is 0.386 e. The van der Waals surface area contributed by atoms with Crippen molar-refractivity contribution in [2.45, 2.75) is 45.8 Å². The van der Waals surface area contributed by atoms with Crippen LogP contribution in [0.5, 0.6) is 0 Å². The zero-order chi connectivity index (χ0) is 10.8. The summed E-state index contributed by atoms with van der Waals surface area (Å²) in [6.45, 7) is 6.65. The molecular weight excluding hydrogens is 176 g/mol. The van der Waals surface area contributed by atoms with Crippen molar-refractivity contribution in [3.8, 4) is 0 Å². The summed E-state index contributed by atoms with van der Waals surface area (Å²) in [4.78, 5) is 0. The molecule has 2 heteroatoms. The van der Waals surface area contributed by atoms with Crippen molar-refractivity contribution < 1.29 is 9.84 Å². The minimum absolute atomic E-state index is 0.206. The molecule has 0 aromatic rings. The monoisotopic (exact) mass is 198 g/mol. The Morgan fingerprint density at radius 1 is 1.21 bits per heavy atom. The summed E-state index contributed by atoms with van der Waals surface area (Å²) in [5.74, 6) is 0.